The summed E-state index contributed by atoms with van der Waals surface area (Å²) in [6.45, 7) is 13.4. The predicted octanol–water partition coefficient (Wildman–Crippen LogP) is 3.67. The lowest BCUT2D eigenvalue weighted by Crippen LogP contribution is -2.25. The van der Waals surface area contributed by atoms with Gasteiger partial charge in [0.05, 0.1) is 16.9 Å². The van der Waals surface area contributed by atoms with E-state index in [0.29, 0.717) is 17.1 Å². The molecule has 1 aromatic carbocycles. The van der Waals surface area contributed by atoms with Crippen LogP contribution in [0.3, 0.4) is 0 Å². The maximum absolute atomic E-state index is 12.8. The average molecular weight is 335 g/mol. The number of rotatable bonds is 3. The highest BCUT2D eigenvalue weighted by Gasteiger charge is 2.28. The molecule has 0 amide bonds. The molecule has 0 unspecified atom stereocenters. The van der Waals surface area contributed by atoms with E-state index in [1.165, 1.54) is 0 Å². The topological polar surface area (TPSA) is 64.0 Å². The lowest BCUT2D eigenvalue weighted by atomic mass is 10.1. The fourth-order valence-corrected chi connectivity index (χ4v) is 4.35. The zero-order valence-electron chi connectivity index (χ0n) is 14.9. The number of aryl methyl sites for hydroxylation is 3. The molecule has 5 nitrogen and oxygen atoms in total. The van der Waals surface area contributed by atoms with Crippen LogP contribution in [0.5, 0.6) is 0 Å². The van der Waals surface area contributed by atoms with Crippen molar-refractivity contribution in [1.29, 1.82) is 0 Å². The zero-order chi connectivity index (χ0) is 17.6. The van der Waals surface area contributed by atoms with Crippen LogP contribution in [0.15, 0.2) is 23.1 Å². The van der Waals surface area contributed by atoms with Crippen LogP contribution in [0.4, 0.5) is 5.69 Å². The molecule has 2 aromatic rings. The number of hydrogen-bond donors (Lipinski definition) is 1. The van der Waals surface area contributed by atoms with Crippen LogP contribution in [0.2, 0.25) is 0 Å². The number of aromatic nitrogens is 2. The van der Waals surface area contributed by atoms with E-state index in [2.05, 4.69) is 9.82 Å². The van der Waals surface area contributed by atoms with Crippen LogP contribution < -0.4 is 4.72 Å². The minimum Gasteiger partial charge on any atom is -0.280 e. The maximum Gasteiger partial charge on any atom is 0.265 e. The quantitative estimate of drug-likeness (QED) is 0.931. The van der Waals surface area contributed by atoms with Gasteiger partial charge in [0.2, 0.25) is 0 Å². The van der Waals surface area contributed by atoms with Crippen molar-refractivity contribution < 1.29 is 8.42 Å². The van der Waals surface area contributed by atoms with Crippen molar-refractivity contribution in [3.63, 3.8) is 0 Å². The molecule has 1 N–H and O–H groups in total. The summed E-state index contributed by atoms with van der Waals surface area (Å²) in [6.07, 6.45) is 0. The van der Waals surface area contributed by atoms with Gasteiger partial charge in [0.1, 0.15) is 4.90 Å². The molecule has 0 aliphatic rings. The van der Waals surface area contributed by atoms with Crippen LogP contribution in [0.25, 0.3) is 0 Å². The van der Waals surface area contributed by atoms with Crippen molar-refractivity contribution in [2.75, 3.05) is 4.72 Å². The molecular weight excluding hydrogens is 310 g/mol. The molecule has 0 bridgehead atoms. The maximum atomic E-state index is 12.8. The van der Waals surface area contributed by atoms with E-state index in [-0.39, 0.29) is 10.4 Å². The van der Waals surface area contributed by atoms with Gasteiger partial charge >= 0.3 is 0 Å². The van der Waals surface area contributed by atoms with Gasteiger partial charge in [0.15, 0.2) is 0 Å². The van der Waals surface area contributed by atoms with Gasteiger partial charge in [0.25, 0.3) is 10.0 Å². The van der Waals surface area contributed by atoms with Gasteiger partial charge in [-0.05, 0) is 71.7 Å². The van der Waals surface area contributed by atoms with E-state index in [4.69, 9.17) is 0 Å². The molecule has 0 aliphatic carbocycles. The molecule has 23 heavy (non-hydrogen) atoms. The molecule has 126 valence electrons. The number of nitrogens with one attached hydrogen (secondary N) is 1. The predicted molar refractivity (Wildman–Crippen MR) is 93.4 cm³/mol. The van der Waals surface area contributed by atoms with Gasteiger partial charge in [-0.25, -0.2) is 8.42 Å². The van der Waals surface area contributed by atoms with Crippen molar-refractivity contribution in [1.82, 2.24) is 9.78 Å². The molecule has 1 heterocycles. The van der Waals surface area contributed by atoms with Gasteiger partial charge < -0.3 is 0 Å². The Hall–Kier alpha value is -1.82. The highest BCUT2D eigenvalue weighted by atomic mass is 32.2. The third-order valence-electron chi connectivity index (χ3n) is 3.60. The summed E-state index contributed by atoms with van der Waals surface area (Å²) >= 11 is 0. The molecule has 0 fully saturated rings. The molecular formula is C17H25N3O2S. The third kappa shape index (κ3) is 3.58. The normalized spacial score (nSPS) is 12.5. The number of sulfonamides is 1. The number of benzene rings is 1. The molecule has 1 aromatic heterocycles. The molecule has 2 rings (SSSR count). The van der Waals surface area contributed by atoms with Crippen LogP contribution in [-0.2, 0) is 15.6 Å². The van der Waals surface area contributed by atoms with E-state index < -0.39 is 10.0 Å². The fraction of sp³-hybridized carbons (Fsp3) is 0.471. The van der Waals surface area contributed by atoms with Crippen LogP contribution in [0, 0.1) is 27.7 Å². The summed E-state index contributed by atoms with van der Waals surface area (Å²) in [4.78, 5) is 0.256. The van der Waals surface area contributed by atoms with E-state index >= 15 is 0 Å². The van der Waals surface area contributed by atoms with Gasteiger partial charge in [-0.2, -0.15) is 5.10 Å². The minimum absolute atomic E-state index is 0.256. The summed E-state index contributed by atoms with van der Waals surface area (Å²) < 4.78 is 30.1. The van der Waals surface area contributed by atoms with E-state index in [9.17, 15) is 8.42 Å². The molecule has 0 saturated carbocycles. The summed E-state index contributed by atoms with van der Waals surface area (Å²) in [5.41, 5.74) is 3.48. The largest absolute Gasteiger partial charge is 0.280 e. The van der Waals surface area contributed by atoms with E-state index in [1.807, 2.05) is 52.8 Å². The second-order valence-corrected chi connectivity index (χ2v) is 8.68. The van der Waals surface area contributed by atoms with Crippen molar-refractivity contribution in [3.05, 3.63) is 40.7 Å². The second-order valence-electron chi connectivity index (χ2n) is 7.06. The number of nitrogens with zero attached hydrogens (tertiary/aromatic N) is 2. The monoisotopic (exact) mass is 335 g/mol. The first-order chi connectivity index (χ1) is 10.4. The first-order valence-corrected chi connectivity index (χ1v) is 9.08. The van der Waals surface area contributed by atoms with Gasteiger partial charge in [-0.15, -0.1) is 0 Å². The van der Waals surface area contributed by atoms with Crippen LogP contribution >= 0.6 is 0 Å². The molecule has 0 saturated heterocycles. The molecule has 0 radical (unpaired) electrons. The van der Waals surface area contributed by atoms with Gasteiger partial charge in [0, 0.05) is 5.69 Å². The first-order valence-electron chi connectivity index (χ1n) is 7.59. The molecule has 0 atom stereocenters. The minimum atomic E-state index is -3.68. The summed E-state index contributed by atoms with van der Waals surface area (Å²) in [6, 6.07) is 5.65. The van der Waals surface area contributed by atoms with Crippen molar-refractivity contribution in [3.8, 4) is 0 Å². The Morgan fingerprint density at radius 3 is 1.96 bits per heavy atom. The summed E-state index contributed by atoms with van der Waals surface area (Å²) in [7, 11) is -3.68. The Labute approximate surface area is 138 Å². The number of anilines is 1. The Bertz CT molecular complexity index is 823. The zero-order valence-corrected chi connectivity index (χ0v) is 15.7. The standard InChI is InChI=1S/C17H25N3O2S/c1-11-8-12(2)10-15(9-11)19-23(21,22)16-13(3)18-20(14(16)4)17(5,6)7/h8-10,19H,1-7H3. The molecule has 6 heteroatoms. The third-order valence-corrected chi connectivity index (χ3v) is 5.24. The summed E-state index contributed by atoms with van der Waals surface area (Å²) in [5.74, 6) is 0. The van der Waals surface area contributed by atoms with Crippen molar-refractivity contribution >= 4 is 15.7 Å². The first kappa shape index (κ1) is 17.5. The SMILES string of the molecule is Cc1cc(C)cc(NS(=O)(=O)c2c(C)nn(C(C)(C)C)c2C)c1. The van der Waals surface area contributed by atoms with Gasteiger partial charge in [-0.3, -0.25) is 9.40 Å². The average Bonchev–Trinajstić information content (AvgIpc) is 2.62. The second kappa shape index (κ2) is 5.67. The van der Waals surface area contributed by atoms with E-state index in [0.717, 1.165) is 11.1 Å². The Balaban J connectivity index is 2.50. The highest BCUT2D eigenvalue weighted by Crippen LogP contribution is 2.27. The van der Waals surface area contributed by atoms with Gasteiger partial charge in [-0.1, -0.05) is 6.07 Å². The van der Waals surface area contributed by atoms with Crippen LogP contribution in [0.1, 0.15) is 43.3 Å². The molecule has 0 aliphatic heterocycles. The lowest BCUT2D eigenvalue weighted by molar-refractivity contribution is 0.345. The van der Waals surface area contributed by atoms with Crippen molar-refractivity contribution in [2.45, 2.75) is 58.9 Å². The Morgan fingerprint density at radius 1 is 1.00 bits per heavy atom. The Kier molecular flexibility index (Phi) is 4.32. The smallest absolute Gasteiger partial charge is 0.265 e. The summed E-state index contributed by atoms with van der Waals surface area (Å²) in [5, 5.41) is 4.42. The fourth-order valence-electron chi connectivity index (χ4n) is 2.91. The van der Waals surface area contributed by atoms with Crippen LogP contribution in [-0.4, -0.2) is 18.2 Å². The van der Waals surface area contributed by atoms with E-state index in [1.54, 1.807) is 18.5 Å². The number of hydrogen-bond acceptors (Lipinski definition) is 3. The van der Waals surface area contributed by atoms with Crippen molar-refractivity contribution in [2.24, 2.45) is 0 Å². The molecule has 0 spiro atoms. The highest BCUT2D eigenvalue weighted by molar-refractivity contribution is 7.92. The Morgan fingerprint density at radius 2 is 1.52 bits per heavy atom. The lowest BCUT2D eigenvalue weighted by Gasteiger charge is -2.21.